The average Bonchev–Trinajstić information content (AvgIpc) is 2.37. The van der Waals surface area contributed by atoms with Crippen molar-refractivity contribution in [2.24, 2.45) is 5.92 Å². The van der Waals surface area contributed by atoms with Gasteiger partial charge >= 0.3 is 0 Å². The third kappa shape index (κ3) is 2.11. The average molecular weight is 172 g/mol. The van der Waals surface area contributed by atoms with Gasteiger partial charge in [0.05, 0.1) is 0 Å². The van der Waals surface area contributed by atoms with Crippen LogP contribution in [0, 0.1) is 10.7 Å². The Kier molecular flexibility index (Phi) is 2.76. The molecule has 0 bridgehead atoms. The van der Waals surface area contributed by atoms with Crippen LogP contribution in [0.3, 0.4) is 0 Å². The van der Waals surface area contributed by atoms with Crippen molar-refractivity contribution < 1.29 is 0 Å². The monoisotopic (exact) mass is 172 g/mol. The Morgan fingerprint density at radius 2 is 2.45 bits per heavy atom. The van der Waals surface area contributed by atoms with Crippen LogP contribution in [0.15, 0.2) is 0 Å². The molecule has 0 radical (unpaired) electrons. The highest BCUT2D eigenvalue weighted by Crippen LogP contribution is 2.02. The first kappa shape index (κ1) is 8.39. The van der Waals surface area contributed by atoms with Gasteiger partial charge in [-0.05, 0) is 18.1 Å². The van der Waals surface area contributed by atoms with E-state index in [1.54, 1.807) is 4.68 Å². The largest absolute Gasteiger partial charge is 0.242 e. The van der Waals surface area contributed by atoms with Crippen LogP contribution in [-0.4, -0.2) is 20.2 Å². The fraction of sp³-hybridized carbons (Fsp3) is 0.833. The fourth-order valence-corrected chi connectivity index (χ4v) is 0.932. The van der Waals surface area contributed by atoms with Gasteiger partial charge in [0.15, 0.2) is 0 Å². The molecular formula is C6H12N4S. The summed E-state index contributed by atoms with van der Waals surface area (Å²) in [7, 11) is 0. The van der Waals surface area contributed by atoms with E-state index >= 15 is 0 Å². The van der Waals surface area contributed by atoms with E-state index < -0.39 is 0 Å². The minimum Gasteiger partial charge on any atom is -0.242 e. The summed E-state index contributed by atoms with van der Waals surface area (Å²) >= 11 is 4.91. The summed E-state index contributed by atoms with van der Waals surface area (Å²) in [6, 6.07) is 0. The molecule has 0 aliphatic carbocycles. The summed E-state index contributed by atoms with van der Waals surface area (Å²) in [6.45, 7) is 5.20. The zero-order chi connectivity index (χ0) is 8.27. The predicted molar refractivity (Wildman–Crippen MR) is 44.7 cm³/mol. The smallest absolute Gasteiger partial charge is 0.238 e. The van der Waals surface area contributed by atoms with Gasteiger partial charge in [0.2, 0.25) is 4.77 Å². The minimum absolute atomic E-state index is 0.533. The SMILES string of the molecule is CCC(C)Cn1[nH]nnc1=S. The fourth-order valence-electron chi connectivity index (χ4n) is 0.776. The molecule has 62 valence electrons. The van der Waals surface area contributed by atoms with Crippen molar-refractivity contribution in [3.05, 3.63) is 4.77 Å². The van der Waals surface area contributed by atoms with Crippen LogP contribution in [0.2, 0.25) is 0 Å². The van der Waals surface area contributed by atoms with Crippen LogP contribution in [0.4, 0.5) is 0 Å². The van der Waals surface area contributed by atoms with Gasteiger partial charge in [-0.1, -0.05) is 30.6 Å². The van der Waals surface area contributed by atoms with Gasteiger partial charge in [-0.25, -0.2) is 4.68 Å². The van der Waals surface area contributed by atoms with Crippen molar-refractivity contribution in [1.82, 2.24) is 20.2 Å². The molecule has 1 heterocycles. The number of nitrogens with one attached hydrogen (secondary N) is 1. The maximum absolute atomic E-state index is 4.91. The molecule has 0 aliphatic heterocycles. The van der Waals surface area contributed by atoms with Crippen LogP contribution in [0.25, 0.3) is 0 Å². The second-order valence-electron chi connectivity index (χ2n) is 2.71. The van der Waals surface area contributed by atoms with Gasteiger partial charge in [0.1, 0.15) is 0 Å². The molecule has 0 amide bonds. The predicted octanol–water partition coefficient (Wildman–Crippen LogP) is 1.38. The molecule has 0 fully saturated rings. The van der Waals surface area contributed by atoms with Crippen LogP contribution in [-0.2, 0) is 6.54 Å². The van der Waals surface area contributed by atoms with Crippen molar-refractivity contribution in [3.8, 4) is 0 Å². The number of aromatic amines is 1. The summed E-state index contributed by atoms with van der Waals surface area (Å²) in [4.78, 5) is 0. The number of hydrogen-bond donors (Lipinski definition) is 1. The van der Waals surface area contributed by atoms with E-state index in [0.717, 1.165) is 13.0 Å². The molecule has 1 N–H and O–H groups in total. The van der Waals surface area contributed by atoms with E-state index in [4.69, 9.17) is 12.2 Å². The first-order valence-corrected chi connectivity index (χ1v) is 4.12. The molecule has 0 aliphatic rings. The lowest BCUT2D eigenvalue weighted by Gasteiger charge is -2.06. The molecule has 5 heteroatoms. The quantitative estimate of drug-likeness (QED) is 0.701. The molecule has 11 heavy (non-hydrogen) atoms. The second kappa shape index (κ2) is 3.61. The Hall–Kier alpha value is -0.710. The Bertz CT molecular complexity index is 264. The summed E-state index contributed by atoms with van der Waals surface area (Å²) < 4.78 is 2.31. The number of nitrogens with zero attached hydrogens (tertiary/aromatic N) is 3. The van der Waals surface area contributed by atoms with Crippen LogP contribution < -0.4 is 0 Å². The molecule has 4 nitrogen and oxygen atoms in total. The van der Waals surface area contributed by atoms with E-state index in [9.17, 15) is 0 Å². The maximum atomic E-state index is 4.91. The van der Waals surface area contributed by atoms with E-state index in [-0.39, 0.29) is 0 Å². The first-order chi connectivity index (χ1) is 5.24. The Labute approximate surface area is 70.6 Å². The van der Waals surface area contributed by atoms with Crippen molar-refractivity contribution in [3.63, 3.8) is 0 Å². The highest BCUT2D eigenvalue weighted by Gasteiger charge is 2.01. The Morgan fingerprint density at radius 3 is 2.91 bits per heavy atom. The molecule has 1 rings (SSSR count). The number of rotatable bonds is 3. The minimum atomic E-state index is 0.533. The Balaban J connectivity index is 2.64. The van der Waals surface area contributed by atoms with E-state index in [2.05, 4.69) is 29.4 Å². The lowest BCUT2D eigenvalue weighted by Crippen LogP contribution is -2.08. The number of tetrazole rings is 1. The third-order valence-electron chi connectivity index (χ3n) is 1.72. The topological polar surface area (TPSA) is 46.5 Å². The van der Waals surface area contributed by atoms with E-state index in [1.165, 1.54) is 0 Å². The van der Waals surface area contributed by atoms with Crippen LogP contribution in [0.1, 0.15) is 20.3 Å². The summed E-state index contributed by atoms with van der Waals surface area (Å²) in [5.74, 6) is 0.615. The van der Waals surface area contributed by atoms with Gasteiger partial charge in [0, 0.05) is 6.54 Å². The molecule has 1 aromatic rings. The number of aromatic nitrogens is 4. The highest BCUT2D eigenvalue weighted by molar-refractivity contribution is 7.71. The summed E-state index contributed by atoms with van der Waals surface area (Å²) in [5, 5.41) is 9.99. The van der Waals surface area contributed by atoms with Crippen LogP contribution >= 0.6 is 12.2 Å². The van der Waals surface area contributed by atoms with Gasteiger partial charge in [0.25, 0.3) is 0 Å². The zero-order valence-electron chi connectivity index (χ0n) is 6.74. The maximum Gasteiger partial charge on any atom is 0.238 e. The molecule has 0 saturated heterocycles. The van der Waals surface area contributed by atoms with Gasteiger partial charge in [-0.15, -0.1) is 0 Å². The normalized spacial score (nSPS) is 13.3. The molecule has 0 spiro atoms. The van der Waals surface area contributed by atoms with Crippen molar-refractivity contribution in [2.45, 2.75) is 26.8 Å². The van der Waals surface area contributed by atoms with Gasteiger partial charge in [-0.3, -0.25) is 0 Å². The van der Waals surface area contributed by atoms with E-state index in [0.29, 0.717) is 10.7 Å². The zero-order valence-corrected chi connectivity index (χ0v) is 7.56. The van der Waals surface area contributed by atoms with E-state index in [1.807, 2.05) is 0 Å². The van der Waals surface area contributed by atoms with Crippen molar-refractivity contribution in [2.75, 3.05) is 0 Å². The number of hydrogen-bond acceptors (Lipinski definition) is 3. The highest BCUT2D eigenvalue weighted by atomic mass is 32.1. The third-order valence-corrected chi connectivity index (χ3v) is 2.03. The van der Waals surface area contributed by atoms with Crippen molar-refractivity contribution >= 4 is 12.2 Å². The summed E-state index contributed by atoms with van der Waals surface area (Å²) in [5.41, 5.74) is 0. The molecular weight excluding hydrogens is 160 g/mol. The lowest BCUT2D eigenvalue weighted by molar-refractivity contribution is 0.428. The molecule has 1 aromatic heterocycles. The molecule has 1 atom stereocenters. The van der Waals surface area contributed by atoms with Crippen LogP contribution in [0.5, 0.6) is 0 Å². The Morgan fingerprint density at radius 1 is 1.73 bits per heavy atom. The molecule has 0 saturated carbocycles. The lowest BCUT2D eigenvalue weighted by atomic mass is 10.1. The van der Waals surface area contributed by atoms with Gasteiger partial charge < -0.3 is 0 Å². The molecule has 1 unspecified atom stereocenters. The van der Waals surface area contributed by atoms with Crippen molar-refractivity contribution in [1.29, 1.82) is 0 Å². The standard InChI is InChI=1S/C6H12N4S/c1-3-5(2)4-10-6(11)7-8-9-10/h5H,3-4H2,1-2H3,(H,7,9,11). The first-order valence-electron chi connectivity index (χ1n) is 3.72. The summed E-state index contributed by atoms with van der Waals surface area (Å²) in [6.07, 6.45) is 1.14. The van der Waals surface area contributed by atoms with Gasteiger partial charge in [-0.2, -0.15) is 5.21 Å². The molecule has 0 aromatic carbocycles. The second-order valence-corrected chi connectivity index (χ2v) is 3.07. The number of H-pyrrole nitrogens is 1.